The molecule has 0 amide bonds. The van der Waals surface area contributed by atoms with E-state index in [0.717, 1.165) is 18.1 Å². The summed E-state index contributed by atoms with van der Waals surface area (Å²) in [7, 11) is -2.43. The molecule has 0 atom stereocenters. The molecule has 0 aromatic carbocycles. The van der Waals surface area contributed by atoms with Gasteiger partial charge in [-0.1, -0.05) is 31.7 Å². The van der Waals surface area contributed by atoms with Crippen molar-refractivity contribution in [2.24, 2.45) is 0 Å². The average Bonchev–Trinajstić information content (AvgIpc) is 2.62. The third-order valence-electron chi connectivity index (χ3n) is 2.77. The van der Waals surface area contributed by atoms with Gasteiger partial charge in [-0.05, 0) is 50.6 Å². The number of esters is 1. The van der Waals surface area contributed by atoms with Crippen molar-refractivity contribution in [3.05, 3.63) is 48.3 Å². The largest absolute Gasteiger partial charge is 0.474 e. The van der Waals surface area contributed by atoms with Crippen molar-refractivity contribution in [2.75, 3.05) is 19.8 Å². The monoisotopic (exact) mass is 419 g/mol. The summed E-state index contributed by atoms with van der Waals surface area (Å²) in [6, 6.07) is 0. The third-order valence-corrected chi connectivity index (χ3v) is 3.98. The fourth-order valence-corrected chi connectivity index (χ4v) is 2.14. The first kappa shape index (κ1) is 27.5. The summed E-state index contributed by atoms with van der Waals surface area (Å²) in [4.78, 5) is 28.0. The number of carbonyl (C=O) groups is 1. The topological polar surface area (TPSA) is 105 Å². The smallest absolute Gasteiger partial charge is 0.335 e. The Balaban J connectivity index is 0. The number of carbonyl (C=O) groups excluding carboxylic acids is 1. The molecule has 27 heavy (non-hydrogen) atoms. The van der Waals surface area contributed by atoms with E-state index in [1.54, 1.807) is 6.08 Å². The molecule has 0 aliphatic heterocycles. The number of rotatable bonds is 9. The third kappa shape index (κ3) is 18.8. The van der Waals surface area contributed by atoms with Crippen LogP contribution in [0.25, 0.3) is 0 Å². The van der Waals surface area contributed by atoms with Gasteiger partial charge in [0.05, 0.1) is 13.3 Å². The van der Waals surface area contributed by atoms with Crippen LogP contribution in [0.5, 0.6) is 0 Å². The second-order valence-electron chi connectivity index (χ2n) is 5.14. The predicted molar refractivity (Wildman–Crippen MR) is 112 cm³/mol. The molecule has 0 aliphatic carbocycles. The second-order valence-corrected chi connectivity index (χ2v) is 7.29. The molecule has 0 aromatic heterocycles. The average molecular weight is 419 g/mol. The van der Waals surface area contributed by atoms with Crippen LogP contribution in [0.4, 0.5) is 0 Å². The molecule has 0 unspecified atom stereocenters. The van der Waals surface area contributed by atoms with Crippen LogP contribution in [0, 0.1) is 0 Å². The molecule has 0 radical (unpaired) electrons. The molecular formula is C18H30NO6PS. The van der Waals surface area contributed by atoms with E-state index in [4.69, 9.17) is 14.5 Å². The summed E-state index contributed by atoms with van der Waals surface area (Å²) in [5.41, 5.74) is 0.921. The van der Waals surface area contributed by atoms with Gasteiger partial charge in [-0.25, -0.2) is 4.79 Å². The van der Waals surface area contributed by atoms with Crippen molar-refractivity contribution in [1.29, 1.82) is 0 Å². The number of methoxy groups -OCH3 is 1. The van der Waals surface area contributed by atoms with Gasteiger partial charge in [-0.15, -0.1) is 0 Å². The van der Waals surface area contributed by atoms with E-state index in [9.17, 15) is 9.36 Å². The zero-order chi connectivity index (χ0) is 21.3. The van der Waals surface area contributed by atoms with Crippen molar-refractivity contribution >= 4 is 31.0 Å². The molecule has 0 bridgehead atoms. The molecule has 0 aliphatic rings. The SMILES string of the molecule is C=CC(=O)OC(/C=C\C)=C(C)/C=C\CC.COC(=S)NCCCP(=O)(O)O. The molecular weight excluding hydrogens is 389 g/mol. The summed E-state index contributed by atoms with van der Waals surface area (Å²) >= 11 is 4.63. The minimum atomic E-state index is -3.86. The fourth-order valence-electron chi connectivity index (χ4n) is 1.47. The number of hydrogen-bond donors (Lipinski definition) is 3. The minimum Gasteiger partial charge on any atom is -0.474 e. The van der Waals surface area contributed by atoms with Crippen molar-refractivity contribution < 1.29 is 28.6 Å². The highest BCUT2D eigenvalue weighted by Gasteiger charge is 2.11. The van der Waals surface area contributed by atoms with Gasteiger partial charge < -0.3 is 24.6 Å². The maximum Gasteiger partial charge on any atom is 0.335 e. The molecule has 0 saturated heterocycles. The summed E-state index contributed by atoms with van der Waals surface area (Å²) in [5, 5.41) is 2.91. The van der Waals surface area contributed by atoms with Gasteiger partial charge in [0, 0.05) is 12.6 Å². The van der Waals surface area contributed by atoms with E-state index in [0.29, 0.717) is 18.7 Å². The van der Waals surface area contributed by atoms with Crippen LogP contribution in [0.15, 0.2) is 48.3 Å². The Morgan fingerprint density at radius 3 is 2.41 bits per heavy atom. The quantitative estimate of drug-likeness (QED) is 0.0990. The van der Waals surface area contributed by atoms with E-state index < -0.39 is 13.6 Å². The van der Waals surface area contributed by atoms with Crippen LogP contribution in [-0.2, 0) is 18.8 Å². The normalized spacial score (nSPS) is 12.1. The lowest BCUT2D eigenvalue weighted by Crippen LogP contribution is -2.24. The maximum atomic E-state index is 11.0. The van der Waals surface area contributed by atoms with E-state index in [1.165, 1.54) is 7.11 Å². The Kier molecular flexibility index (Phi) is 16.7. The van der Waals surface area contributed by atoms with E-state index in [1.807, 2.05) is 32.1 Å². The van der Waals surface area contributed by atoms with Crippen LogP contribution in [0.2, 0.25) is 0 Å². The fraction of sp³-hybridized carbons (Fsp3) is 0.444. The Labute approximate surface area is 167 Å². The Hall–Kier alpha value is -1.73. The molecule has 0 rings (SSSR count). The number of ether oxygens (including phenoxy) is 2. The van der Waals surface area contributed by atoms with Crippen molar-refractivity contribution in [2.45, 2.75) is 33.6 Å². The highest BCUT2D eigenvalue weighted by Crippen LogP contribution is 2.34. The molecule has 0 heterocycles. The molecule has 0 saturated carbocycles. The molecule has 9 heteroatoms. The van der Waals surface area contributed by atoms with Crippen molar-refractivity contribution in [3.63, 3.8) is 0 Å². The molecule has 3 N–H and O–H groups in total. The van der Waals surface area contributed by atoms with E-state index in [2.05, 4.69) is 35.8 Å². The van der Waals surface area contributed by atoms with Gasteiger partial charge in [-0.3, -0.25) is 4.57 Å². The Morgan fingerprint density at radius 2 is 1.96 bits per heavy atom. The number of hydrogen-bond acceptors (Lipinski definition) is 5. The number of thiocarbonyl (C=S) groups is 1. The van der Waals surface area contributed by atoms with Crippen molar-refractivity contribution in [3.8, 4) is 0 Å². The number of nitrogens with one attached hydrogen (secondary N) is 1. The molecule has 0 spiro atoms. The van der Waals surface area contributed by atoms with Crippen LogP contribution in [-0.4, -0.2) is 40.7 Å². The Morgan fingerprint density at radius 1 is 1.33 bits per heavy atom. The lowest BCUT2D eigenvalue weighted by Gasteiger charge is -2.06. The lowest BCUT2D eigenvalue weighted by atomic mass is 10.2. The van der Waals surface area contributed by atoms with E-state index in [-0.39, 0.29) is 11.3 Å². The van der Waals surface area contributed by atoms with Gasteiger partial charge in [0.25, 0.3) is 5.17 Å². The van der Waals surface area contributed by atoms with Crippen LogP contribution in [0.1, 0.15) is 33.6 Å². The molecule has 7 nitrogen and oxygen atoms in total. The summed E-state index contributed by atoms with van der Waals surface area (Å²) < 4.78 is 20.0. The summed E-state index contributed by atoms with van der Waals surface area (Å²) in [5.74, 6) is 0.124. The highest BCUT2D eigenvalue weighted by atomic mass is 32.1. The lowest BCUT2D eigenvalue weighted by molar-refractivity contribution is -0.133. The van der Waals surface area contributed by atoms with Crippen LogP contribution in [0.3, 0.4) is 0 Å². The van der Waals surface area contributed by atoms with Crippen molar-refractivity contribution in [1.82, 2.24) is 5.32 Å². The van der Waals surface area contributed by atoms with Crippen LogP contribution < -0.4 is 5.32 Å². The zero-order valence-corrected chi connectivity index (χ0v) is 18.0. The number of allylic oxidation sites excluding steroid dienone is 5. The van der Waals surface area contributed by atoms with Gasteiger partial charge in [0.15, 0.2) is 0 Å². The molecule has 0 aromatic rings. The first-order valence-corrected chi connectivity index (χ1v) is 10.5. The minimum absolute atomic E-state index is 0.133. The molecule has 0 fully saturated rings. The maximum absolute atomic E-state index is 11.0. The first-order valence-electron chi connectivity index (χ1n) is 8.31. The highest BCUT2D eigenvalue weighted by molar-refractivity contribution is 7.80. The Bertz CT molecular complexity index is 607. The molecule has 154 valence electrons. The van der Waals surface area contributed by atoms with Gasteiger partial charge >= 0.3 is 13.6 Å². The second kappa shape index (κ2) is 16.4. The van der Waals surface area contributed by atoms with Gasteiger partial charge in [0.2, 0.25) is 0 Å². The van der Waals surface area contributed by atoms with Gasteiger partial charge in [0.1, 0.15) is 5.76 Å². The summed E-state index contributed by atoms with van der Waals surface area (Å²) in [6.45, 7) is 9.60. The zero-order valence-electron chi connectivity index (χ0n) is 16.3. The predicted octanol–water partition coefficient (Wildman–Crippen LogP) is 3.61. The van der Waals surface area contributed by atoms with E-state index >= 15 is 0 Å². The standard InChI is InChI=1S/C13H18O2.C5H12NO4PS/c1-5-8-10-11(4)12(9-6-2)15-13(14)7-3;1-10-5(12)6-3-2-4-11(7,8)9/h6-10H,3,5H2,1-2,4H3;2-4H2,1H3,(H,6,12)(H2,7,8,9)/b9-6-,10-8-,12-11+;. The van der Waals surface area contributed by atoms with Crippen LogP contribution >= 0.6 is 19.8 Å². The first-order chi connectivity index (χ1) is 12.6. The van der Waals surface area contributed by atoms with Gasteiger partial charge in [-0.2, -0.15) is 0 Å². The summed E-state index contributed by atoms with van der Waals surface area (Å²) in [6.07, 6.45) is 9.88.